The minimum absolute atomic E-state index is 0.919. The van der Waals surface area contributed by atoms with Gasteiger partial charge in [-0.2, -0.15) is 0 Å². The molecule has 0 bridgehead atoms. The van der Waals surface area contributed by atoms with E-state index in [-0.39, 0.29) is 0 Å². The van der Waals surface area contributed by atoms with Crippen molar-refractivity contribution in [3.05, 3.63) is 17.5 Å². The Morgan fingerprint density at radius 3 is 2.92 bits per heavy atom. The zero-order valence-electron chi connectivity index (χ0n) is 6.48. The molecule has 0 radical (unpaired) electrons. The van der Waals surface area contributed by atoms with Gasteiger partial charge in [-0.25, -0.2) is 4.79 Å². The number of carboxylic acids is 1. The predicted molar refractivity (Wildman–Crippen MR) is 50.4 cm³/mol. The van der Waals surface area contributed by atoms with E-state index in [0.717, 1.165) is 16.0 Å². The van der Waals surface area contributed by atoms with E-state index in [9.17, 15) is 4.79 Å². The number of thiophene rings is 1. The van der Waals surface area contributed by atoms with Crippen LogP contribution in [0.5, 0.6) is 0 Å². The summed E-state index contributed by atoms with van der Waals surface area (Å²) in [5.74, 6) is -0.999. The molecule has 1 heterocycles. The maximum Gasteiger partial charge on any atom is 0.334 e. The normalized spacial score (nSPS) is 15.5. The molecule has 0 amide bonds. The molecule has 0 aromatic carbocycles. The topological polar surface area (TPSA) is 63.3 Å². The van der Waals surface area contributed by atoms with Gasteiger partial charge in [0.15, 0.2) is 4.87 Å². The molecule has 1 aromatic rings. The summed E-state index contributed by atoms with van der Waals surface area (Å²) >= 11 is 2.64. The molecule has 1 aromatic heterocycles. The fraction of sp³-hybridized carbons (Fsp3) is 0.286. The van der Waals surface area contributed by atoms with E-state index in [1.165, 1.54) is 18.3 Å². The first kappa shape index (κ1) is 9.57. The first-order chi connectivity index (χ1) is 5.52. The van der Waals surface area contributed by atoms with E-state index in [4.69, 9.17) is 10.8 Å². The lowest BCUT2D eigenvalue weighted by molar-refractivity contribution is -0.139. The van der Waals surface area contributed by atoms with Gasteiger partial charge in [-0.3, -0.25) is 0 Å². The van der Waals surface area contributed by atoms with Crippen LogP contribution in [0.15, 0.2) is 21.7 Å². The van der Waals surface area contributed by atoms with E-state index in [1.807, 2.05) is 17.5 Å². The Labute approximate surface area is 78.6 Å². The number of hydrogen-bond acceptors (Lipinski definition) is 4. The Hall–Kier alpha value is -0.520. The van der Waals surface area contributed by atoms with Crippen LogP contribution in [0.3, 0.4) is 0 Å². The van der Waals surface area contributed by atoms with Crippen LogP contribution in [-0.4, -0.2) is 15.9 Å². The lowest BCUT2D eigenvalue weighted by atomic mass is 10.4. The second-order valence-corrected chi connectivity index (χ2v) is 5.14. The smallest absolute Gasteiger partial charge is 0.334 e. The molecule has 66 valence electrons. The molecular formula is C7H9NO2S2. The van der Waals surface area contributed by atoms with Gasteiger partial charge >= 0.3 is 5.97 Å². The molecule has 0 aliphatic rings. The highest BCUT2D eigenvalue weighted by molar-refractivity contribution is 8.03. The van der Waals surface area contributed by atoms with Crippen LogP contribution in [0.1, 0.15) is 6.92 Å². The van der Waals surface area contributed by atoms with Crippen molar-refractivity contribution >= 4 is 29.1 Å². The highest BCUT2D eigenvalue weighted by Crippen LogP contribution is 2.32. The molecule has 3 nitrogen and oxygen atoms in total. The average Bonchev–Trinajstić information content (AvgIpc) is 2.38. The Morgan fingerprint density at radius 1 is 1.83 bits per heavy atom. The SMILES string of the molecule is C[C@@](N)(Sc1cccs1)C(=O)O. The largest absolute Gasteiger partial charge is 0.479 e. The number of carbonyl (C=O) groups is 1. The van der Waals surface area contributed by atoms with Gasteiger partial charge in [0.05, 0.1) is 4.21 Å². The third-order valence-corrected chi connectivity index (χ3v) is 3.37. The van der Waals surface area contributed by atoms with Gasteiger partial charge in [-0.15, -0.1) is 11.3 Å². The van der Waals surface area contributed by atoms with Crippen LogP contribution in [-0.2, 0) is 4.79 Å². The molecule has 0 saturated heterocycles. The summed E-state index contributed by atoms with van der Waals surface area (Å²) < 4.78 is 0.919. The third kappa shape index (κ3) is 2.23. The van der Waals surface area contributed by atoms with Crippen LogP contribution >= 0.6 is 23.1 Å². The van der Waals surface area contributed by atoms with Gasteiger partial charge in [0.1, 0.15) is 0 Å². The van der Waals surface area contributed by atoms with Crippen LogP contribution in [0.2, 0.25) is 0 Å². The van der Waals surface area contributed by atoms with E-state index in [0.29, 0.717) is 0 Å². The molecule has 0 aliphatic carbocycles. The van der Waals surface area contributed by atoms with Gasteiger partial charge in [0.25, 0.3) is 0 Å². The van der Waals surface area contributed by atoms with Crippen molar-refractivity contribution in [2.75, 3.05) is 0 Å². The van der Waals surface area contributed by atoms with Crippen LogP contribution in [0.4, 0.5) is 0 Å². The lowest BCUT2D eigenvalue weighted by Crippen LogP contribution is -2.40. The zero-order chi connectivity index (χ0) is 9.19. The monoisotopic (exact) mass is 203 g/mol. The van der Waals surface area contributed by atoms with Gasteiger partial charge < -0.3 is 10.8 Å². The summed E-state index contributed by atoms with van der Waals surface area (Å²) in [6, 6.07) is 3.72. The molecular weight excluding hydrogens is 194 g/mol. The summed E-state index contributed by atoms with van der Waals surface area (Å²) in [7, 11) is 0. The average molecular weight is 203 g/mol. The first-order valence-corrected chi connectivity index (χ1v) is 4.97. The second kappa shape index (κ2) is 3.47. The van der Waals surface area contributed by atoms with Crippen molar-refractivity contribution in [1.29, 1.82) is 0 Å². The number of carboxylic acid groups (broad SMARTS) is 1. The quantitative estimate of drug-likeness (QED) is 0.578. The molecule has 1 atom stereocenters. The van der Waals surface area contributed by atoms with Crippen molar-refractivity contribution in [1.82, 2.24) is 0 Å². The first-order valence-electron chi connectivity index (χ1n) is 3.27. The minimum atomic E-state index is -1.23. The van der Waals surface area contributed by atoms with Crippen molar-refractivity contribution < 1.29 is 9.90 Å². The summed E-state index contributed by atoms with van der Waals surface area (Å²) in [5, 5.41) is 10.6. The molecule has 3 N–H and O–H groups in total. The highest BCUT2D eigenvalue weighted by Gasteiger charge is 2.29. The number of nitrogens with two attached hydrogens (primary N) is 1. The van der Waals surface area contributed by atoms with Crippen molar-refractivity contribution in [3.8, 4) is 0 Å². The van der Waals surface area contributed by atoms with E-state index >= 15 is 0 Å². The van der Waals surface area contributed by atoms with Gasteiger partial charge in [-0.1, -0.05) is 17.8 Å². The Balaban J connectivity index is 2.69. The fourth-order valence-corrected chi connectivity index (χ4v) is 2.55. The standard InChI is InChI=1S/C7H9NO2S2/c1-7(8,6(9)10)12-5-3-2-4-11-5/h2-4H,8H2,1H3,(H,9,10)/t7-/m1/s1. The molecule has 0 unspecified atom stereocenters. The van der Waals surface area contributed by atoms with Gasteiger partial charge in [0.2, 0.25) is 0 Å². The highest BCUT2D eigenvalue weighted by atomic mass is 32.2. The number of rotatable bonds is 3. The van der Waals surface area contributed by atoms with Crippen LogP contribution in [0.25, 0.3) is 0 Å². The van der Waals surface area contributed by atoms with Crippen LogP contribution < -0.4 is 5.73 Å². The molecule has 0 fully saturated rings. The molecule has 1 rings (SSSR count). The van der Waals surface area contributed by atoms with Crippen molar-refractivity contribution in [3.63, 3.8) is 0 Å². The molecule has 5 heteroatoms. The van der Waals surface area contributed by atoms with Gasteiger partial charge in [-0.05, 0) is 18.4 Å². The zero-order valence-corrected chi connectivity index (χ0v) is 8.11. The predicted octanol–water partition coefficient (Wildman–Crippen LogP) is 1.60. The minimum Gasteiger partial charge on any atom is -0.479 e. The fourth-order valence-electron chi connectivity index (χ4n) is 0.574. The second-order valence-electron chi connectivity index (χ2n) is 2.45. The molecule has 0 spiro atoms. The molecule has 0 saturated carbocycles. The van der Waals surface area contributed by atoms with Crippen molar-refractivity contribution in [2.45, 2.75) is 16.0 Å². The molecule has 12 heavy (non-hydrogen) atoms. The Kier molecular flexibility index (Phi) is 2.76. The van der Waals surface area contributed by atoms with Crippen LogP contribution in [0, 0.1) is 0 Å². The summed E-state index contributed by atoms with van der Waals surface area (Å²) in [4.78, 5) is 9.37. The van der Waals surface area contributed by atoms with E-state index in [1.54, 1.807) is 0 Å². The van der Waals surface area contributed by atoms with Gasteiger partial charge in [0, 0.05) is 0 Å². The maximum absolute atomic E-state index is 10.6. The number of thioether (sulfide) groups is 1. The molecule has 0 aliphatic heterocycles. The van der Waals surface area contributed by atoms with Crippen molar-refractivity contribution in [2.24, 2.45) is 5.73 Å². The summed E-state index contributed by atoms with van der Waals surface area (Å²) in [6.07, 6.45) is 0. The Bertz CT molecular complexity index is 269. The number of hydrogen-bond donors (Lipinski definition) is 2. The third-order valence-electron chi connectivity index (χ3n) is 1.23. The summed E-state index contributed by atoms with van der Waals surface area (Å²) in [5.41, 5.74) is 5.52. The summed E-state index contributed by atoms with van der Waals surface area (Å²) in [6.45, 7) is 1.49. The van der Waals surface area contributed by atoms with E-state index in [2.05, 4.69) is 0 Å². The Morgan fingerprint density at radius 2 is 2.50 bits per heavy atom. The number of aliphatic carboxylic acids is 1. The maximum atomic E-state index is 10.6. The van der Waals surface area contributed by atoms with E-state index < -0.39 is 10.8 Å². The lowest BCUT2D eigenvalue weighted by Gasteiger charge is -2.16.